The van der Waals surface area contributed by atoms with Crippen molar-refractivity contribution in [2.75, 3.05) is 10.3 Å². The van der Waals surface area contributed by atoms with Crippen molar-refractivity contribution >= 4 is 62.5 Å². The molecule has 0 radical (unpaired) electrons. The molecule has 2 N–H and O–H groups in total. The van der Waals surface area contributed by atoms with Gasteiger partial charge in [-0.2, -0.15) is 5.01 Å². The second-order valence-corrected chi connectivity index (χ2v) is 16.2. The highest BCUT2D eigenvalue weighted by molar-refractivity contribution is 9.10. The fourth-order valence-electron chi connectivity index (χ4n) is 9.44. The van der Waals surface area contributed by atoms with Crippen molar-refractivity contribution in [3.63, 3.8) is 0 Å². The molecule has 0 unspecified atom stereocenters. The number of ether oxygens (including phenoxy) is 1. The normalized spacial score (nSPS) is 25.2. The molecule has 5 aromatic rings. The summed E-state index contributed by atoms with van der Waals surface area (Å²) in [4.78, 5) is 60.2. The summed E-state index contributed by atoms with van der Waals surface area (Å²) in [6.45, 7) is 0.248. The largest absolute Gasteiger partial charge is 0.508 e. The number of phenols is 1. The molecular formula is C45H34BrClFN3O6. The average Bonchev–Trinajstić information content (AvgIpc) is 3.59. The molecule has 2 heterocycles. The first kappa shape index (κ1) is 36.8. The first-order chi connectivity index (χ1) is 27.6. The summed E-state index contributed by atoms with van der Waals surface area (Å²) >= 11 is 9.83. The van der Waals surface area contributed by atoms with Crippen LogP contribution in [0.5, 0.6) is 11.5 Å². The van der Waals surface area contributed by atoms with Crippen LogP contribution in [-0.4, -0.2) is 33.7 Å². The lowest BCUT2D eigenvalue weighted by atomic mass is 9.49. The number of amides is 4. The van der Waals surface area contributed by atoms with Crippen LogP contribution in [0, 0.1) is 29.5 Å². The van der Waals surface area contributed by atoms with E-state index >= 15 is 4.79 Å². The van der Waals surface area contributed by atoms with Crippen LogP contribution in [0.3, 0.4) is 0 Å². The number of fused-ring (bicyclic) bond motifs is 4. The second-order valence-electron chi connectivity index (χ2n) is 14.9. The maximum atomic E-state index is 15.4. The molecule has 2 saturated heterocycles. The van der Waals surface area contributed by atoms with Crippen molar-refractivity contribution in [3.05, 3.63) is 165 Å². The summed E-state index contributed by atoms with van der Waals surface area (Å²) < 4.78 is 20.8. The van der Waals surface area contributed by atoms with Gasteiger partial charge >= 0.3 is 0 Å². The molecule has 4 amide bonds. The molecule has 57 heavy (non-hydrogen) atoms. The highest BCUT2D eigenvalue weighted by atomic mass is 79.9. The van der Waals surface area contributed by atoms with Crippen molar-refractivity contribution in [2.45, 2.75) is 30.8 Å². The predicted octanol–water partition coefficient (Wildman–Crippen LogP) is 8.72. The molecule has 6 atom stereocenters. The average molecular weight is 847 g/mol. The molecule has 1 saturated carbocycles. The number of nitrogens with one attached hydrogen (secondary N) is 1. The fraction of sp³-hybridized carbons (Fsp3) is 0.200. The van der Waals surface area contributed by atoms with Gasteiger partial charge in [0.05, 0.1) is 34.5 Å². The van der Waals surface area contributed by atoms with Crippen molar-refractivity contribution in [1.82, 2.24) is 5.01 Å². The number of hydrazine groups is 1. The number of hydrogen-bond donors (Lipinski definition) is 2. The van der Waals surface area contributed by atoms with E-state index in [0.717, 1.165) is 15.0 Å². The lowest BCUT2D eigenvalue weighted by Crippen LogP contribution is -2.53. The van der Waals surface area contributed by atoms with Gasteiger partial charge < -0.3 is 9.84 Å². The third-order valence-electron chi connectivity index (χ3n) is 11.9. The van der Waals surface area contributed by atoms with Crippen LogP contribution < -0.4 is 15.1 Å². The van der Waals surface area contributed by atoms with E-state index in [1.807, 2.05) is 36.4 Å². The molecule has 0 aromatic heterocycles. The zero-order valence-corrected chi connectivity index (χ0v) is 32.5. The number of carbonyl (C=O) groups excluding carboxylic acids is 4. The van der Waals surface area contributed by atoms with Gasteiger partial charge in [-0.05, 0) is 96.6 Å². The quantitative estimate of drug-likeness (QED) is 0.119. The minimum atomic E-state index is -1.65. The monoisotopic (exact) mass is 845 g/mol. The van der Waals surface area contributed by atoms with Crippen LogP contribution in [-0.2, 0) is 31.2 Å². The number of anilines is 2. The number of benzene rings is 5. The second kappa shape index (κ2) is 14.3. The molecule has 286 valence electrons. The van der Waals surface area contributed by atoms with Gasteiger partial charge in [0, 0.05) is 27.0 Å². The Morgan fingerprint density at radius 2 is 1.56 bits per heavy atom. The Balaban J connectivity index is 1.20. The van der Waals surface area contributed by atoms with E-state index in [1.165, 1.54) is 35.2 Å². The van der Waals surface area contributed by atoms with Crippen molar-refractivity contribution in [3.8, 4) is 11.5 Å². The van der Waals surface area contributed by atoms with E-state index in [4.69, 9.17) is 16.3 Å². The lowest BCUT2D eigenvalue weighted by molar-refractivity contribution is -0.138. The van der Waals surface area contributed by atoms with Gasteiger partial charge in [0.1, 0.15) is 23.9 Å². The maximum absolute atomic E-state index is 15.4. The Hall–Kier alpha value is -5.78. The number of aromatic hydroxyl groups is 1. The lowest BCUT2D eigenvalue weighted by Gasteiger charge is -2.50. The Morgan fingerprint density at radius 1 is 0.842 bits per heavy atom. The molecule has 9 rings (SSSR count). The molecule has 12 heteroatoms. The van der Waals surface area contributed by atoms with E-state index < -0.39 is 52.6 Å². The summed E-state index contributed by atoms with van der Waals surface area (Å²) in [5.74, 6) is -6.35. The maximum Gasteiger partial charge on any atom is 0.260 e. The van der Waals surface area contributed by atoms with Gasteiger partial charge in [-0.1, -0.05) is 87.7 Å². The number of rotatable bonds is 8. The molecule has 2 aliphatic heterocycles. The van der Waals surface area contributed by atoms with E-state index in [1.54, 1.807) is 60.7 Å². The van der Waals surface area contributed by atoms with Crippen LogP contribution in [0.1, 0.15) is 35.4 Å². The Morgan fingerprint density at radius 3 is 2.26 bits per heavy atom. The minimum Gasteiger partial charge on any atom is -0.508 e. The minimum absolute atomic E-state index is 0.0600. The van der Waals surface area contributed by atoms with Crippen LogP contribution in [0.15, 0.2) is 137 Å². The van der Waals surface area contributed by atoms with Crippen LogP contribution in [0.4, 0.5) is 15.8 Å². The molecule has 5 aromatic carbocycles. The summed E-state index contributed by atoms with van der Waals surface area (Å²) in [6, 6.07) is 33.5. The number of halogens is 3. The molecule has 2 aliphatic carbocycles. The van der Waals surface area contributed by atoms with Gasteiger partial charge in [-0.15, -0.1) is 0 Å². The first-order valence-corrected chi connectivity index (χ1v) is 19.7. The van der Waals surface area contributed by atoms with Gasteiger partial charge in [0.15, 0.2) is 0 Å². The number of imide groups is 2. The summed E-state index contributed by atoms with van der Waals surface area (Å²) in [5, 5.41) is 13.4. The standard InChI is InChI=1S/C45H34BrClFN3O6/c46-27-8-16-31(17-9-27)50-41(53)35-21-20-33-36(39(35)43(50)55)23-37-42(54)51(49-30-14-12-29(48)13-15-30)44(56)45(37,26-6-10-28(47)11-7-26)40(33)34-19-18-32(22-38(34)52)57-24-25-4-2-1-3-5-25/h1-20,22,35-37,39-40,49,52H,21,23-24H2/t35-,36+,37-,39-,40+,45+/m0/s1. The van der Waals surface area contributed by atoms with Crippen LogP contribution in [0.2, 0.25) is 5.02 Å². The number of hydrogen-bond acceptors (Lipinski definition) is 7. The van der Waals surface area contributed by atoms with E-state index in [9.17, 15) is 23.9 Å². The molecular weight excluding hydrogens is 813 g/mol. The first-order valence-electron chi connectivity index (χ1n) is 18.6. The van der Waals surface area contributed by atoms with Crippen molar-refractivity contribution in [1.29, 1.82) is 0 Å². The number of phenolic OH excluding ortho intramolecular Hbond substituents is 1. The Bertz CT molecular complexity index is 2460. The summed E-state index contributed by atoms with van der Waals surface area (Å²) in [6.07, 6.45) is 2.20. The summed E-state index contributed by atoms with van der Waals surface area (Å²) in [7, 11) is 0. The molecule has 0 bridgehead atoms. The highest BCUT2D eigenvalue weighted by Crippen LogP contribution is 2.65. The number of nitrogens with zero attached hydrogens (tertiary/aromatic N) is 2. The summed E-state index contributed by atoms with van der Waals surface area (Å²) in [5.41, 5.74) is 4.49. The Labute approximate surface area is 340 Å². The molecule has 4 aliphatic rings. The molecule has 9 nitrogen and oxygen atoms in total. The van der Waals surface area contributed by atoms with Crippen LogP contribution >= 0.6 is 27.5 Å². The topological polar surface area (TPSA) is 116 Å². The highest BCUT2D eigenvalue weighted by Gasteiger charge is 2.70. The number of allylic oxidation sites excluding steroid dienone is 2. The number of carbonyl (C=O) groups is 4. The van der Waals surface area contributed by atoms with E-state index in [-0.39, 0.29) is 37.0 Å². The van der Waals surface area contributed by atoms with E-state index in [2.05, 4.69) is 21.4 Å². The third kappa shape index (κ3) is 6.02. The van der Waals surface area contributed by atoms with Crippen LogP contribution in [0.25, 0.3) is 0 Å². The van der Waals surface area contributed by atoms with Gasteiger partial charge in [-0.25, -0.2) is 4.39 Å². The predicted molar refractivity (Wildman–Crippen MR) is 215 cm³/mol. The smallest absolute Gasteiger partial charge is 0.260 e. The third-order valence-corrected chi connectivity index (χ3v) is 12.7. The fourth-order valence-corrected chi connectivity index (χ4v) is 9.83. The van der Waals surface area contributed by atoms with Gasteiger partial charge in [-0.3, -0.25) is 29.5 Å². The van der Waals surface area contributed by atoms with Crippen molar-refractivity contribution in [2.24, 2.45) is 23.7 Å². The zero-order valence-electron chi connectivity index (χ0n) is 30.1. The zero-order chi connectivity index (χ0) is 39.6. The van der Waals surface area contributed by atoms with Crippen molar-refractivity contribution < 1.29 is 33.4 Å². The van der Waals surface area contributed by atoms with Gasteiger partial charge in [0.2, 0.25) is 11.8 Å². The van der Waals surface area contributed by atoms with E-state index in [0.29, 0.717) is 38.8 Å². The molecule has 0 spiro atoms. The Kier molecular flexibility index (Phi) is 9.24. The molecule has 3 fully saturated rings. The SMILES string of the molecule is O=C1[C@@H]2C[C@@H]3C(=CC[C@@H]4C(=O)N(c5ccc(Br)cc5)C(=O)[C@@H]43)[C@H](c3ccc(OCc4ccccc4)cc3O)[C@]2(c2ccc(Cl)cc2)C(=O)N1Nc1ccc(F)cc1. The van der Waals surface area contributed by atoms with Gasteiger partial charge in [0.25, 0.3) is 11.8 Å².